The topological polar surface area (TPSA) is 69.8 Å². The first-order valence-corrected chi connectivity index (χ1v) is 8.98. The Labute approximate surface area is 161 Å². The van der Waals surface area contributed by atoms with Crippen LogP contribution in [-0.2, 0) is 19.3 Å². The predicted octanol–water partition coefficient (Wildman–Crippen LogP) is 2.29. The molecule has 0 aliphatic carbocycles. The maximum atomic E-state index is 12.7. The molecule has 10 heteroatoms. The van der Waals surface area contributed by atoms with Crippen LogP contribution in [0.4, 0.5) is 13.2 Å². The Morgan fingerprint density at radius 3 is 2.39 bits per heavy atom. The van der Waals surface area contributed by atoms with E-state index >= 15 is 0 Å². The SMILES string of the molecule is CN=C(NCc1noc(C)n1)N1CCN(Cc2ccc(C(F)(F)F)cc2)CC1. The summed E-state index contributed by atoms with van der Waals surface area (Å²) in [6.45, 7) is 5.92. The molecule has 2 aromatic rings. The zero-order valence-corrected chi connectivity index (χ0v) is 15.8. The Morgan fingerprint density at radius 2 is 1.86 bits per heavy atom. The van der Waals surface area contributed by atoms with Crippen molar-refractivity contribution >= 4 is 5.96 Å². The van der Waals surface area contributed by atoms with Crippen LogP contribution in [0.2, 0.25) is 0 Å². The largest absolute Gasteiger partial charge is 0.416 e. The lowest BCUT2D eigenvalue weighted by molar-refractivity contribution is -0.137. The van der Waals surface area contributed by atoms with Gasteiger partial charge in [0.05, 0.1) is 12.1 Å². The fourth-order valence-corrected chi connectivity index (χ4v) is 3.08. The van der Waals surface area contributed by atoms with Crippen molar-refractivity contribution in [2.24, 2.45) is 4.99 Å². The van der Waals surface area contributed by atoms with Gasteiger partial charge in [0.2, 0.25) is 5.89 Å². The van der Waals surface area contributed by atoms with Crippen LogP contribution in [0.1, 0.15) is 22.8 Å². The van der Waals surface area contributed by atoms with Crippen LogP contribution < -0.4 is 5.32 Å². The number of hydrogen-bond acceptors (Lipinski definition) is 5. The molecular weight excluding hydrogens is 373 g/mol. The number of halogens is 3. The fraction of sp³-hybridized carbons (Fsp3) is 0.500. The monoisotopic (exact) mass is 396 g/mol. The molecule has 0 saturated carbocycles. The number of aryl methyl sites for hydroxylation is 1. The summed E-state index contributed by atoms with van der Waals surface area (Å²) in [5, 5.41) is 7.07. The van der Waals surface area contributed by atoms with Crippen LogP contribution in [0.15, 0.2) is 33.8 Å². The molecule has 1 saturated heterocycles. The van der Waals surface area contributed by atoms with Crippen molar-refractivity contribution in [2.45, 2.75) is 26.2 Å². The predicted molar refractivity (Wildman–Crippen MR) is 97.5 cm³/mol. The highest BCUT2D eigenvalue weighted by molar-refractivity contribution is 5.79. The minimum Gasteiger partial charge on any atom is -0.349 e. The van der Waals surface area contributed by atoms with Crippen molar-refractivity contribution in [3.8, 4) is 0 Å². The third-order valence-electron chi connectivity index (χ3n) is 4.55. The Bertz CT molecular complexity index is 794. The summed E-state index contributed by atoms with van der Waals surface area (Å²) in [5.74, 6) is 1.85. The Kier molecular flexibility index (Phi) is 6.18. The van der Waals surface area contributed by atoms with Crippen LogP contribution in [0.3, 0.4) is 0 Å². The zero-order chi connectivity index (χ0) is 20.1. The van der Waals surface area contributed by atoms with Crippen molar-refractivity contribution < 1.29 is 17.7 Å². The summed E-state index contributed by atoms with van der Waals surface area (Å²) in [6, 6.07) is 5.36. The maximum absolute atomic E-state index is 12.7. The summed E-state index contributed by atoms with van der Waals surface area (Å²) in [5.41, 5.74) is 0.254. The van der Waals surface area contributed by atoms with E-state index in [2.05, 4.69) is 30.2 Å². The molecule has 0 unspecified atom stereocenters. The second-order valence-electron chi connectivity index (χ2n) is 6.59. The molecule has 1 aromatic carbocycles. The van der Waals surface area contributed by atoms with E-state index in [-0.39, 0.29) is 0 Å². The molecule has 7 nitrogen and oxygen atoms in total. The minimum atomic E-state index is -4.30. The molecule has 1 aliphatic rings. The number of nitrogens with zero attached hydrogens (tertiary/aromatic N) is 5. The molecule has 152 valence electrons. The number of piperazine rings is 1. The normalized spacial score (nSPS) is 16.5. The van der Waals surface area contributed by atoms with Gasteiger partial charge >= 0.3 is 6.18 Å². The van der Waals surface area contributed by atoms with E-state index in [0.29, 0.717) is 24.8 Å². The quantitative estimate of drug-likeness (QED) is 0.632. The lowest BCUT2D eigenvalue weighted by atomic mass is 10.1. The molecule has 28 heavy (non-hydrogen) atoms. The summed E-state index contributed by atoms with van der Waals surface area (Å²) in [7, 11) is 1.72. The van der Waals surface area contributed by atoms with Crippen molar-refractivity contribution in [1.29, 1.82) is 0 Å². The molecule has 1 aliphatic heterocycles. The molecule has 0 atom stereocenters. The van der Waals surface area contributed by atoms with E-state index in [9.17, 15) is 13.2 Å². The van der Waals surface area contributed by atoms with Gasteiger partial charge in [0.15, 0.2) is 11.8 Å². The first kappa shape index (κ1) is 20.1. The molecule has 3 rings (SSSR count). The highest BCUT2D eigenvalue weighted by Crippen LogP contribution is 2.29. The van der Waals surface area contributed by atoms with Gasteiger partial charge in [-0.3, -0.25) is 9.89 Å². The zero-order valence-electron chi connectivity index (χ0n) is 15.8. The number of aliphatic imine (C=N–C) groups is 1. The van der Waals surface area contributed by atoms with Crippen LogP contribution in [-0.4, -0.2) is 59.1 Å². The number of nitrogens with one attached hydrogen (secondary N) is 1. The maximum Gasteiger partial charge on any atom is 0.416 e. The lowest BCUT2D eigenvalue weighted by Gasteiger charge is -2.36. The van der Waals surface area contributed by atoms with Gasteiger partial charge in [0.25, 0.3) is 0 Å². The number of hydrogen-bond donors (Lipinski definition) is 1. The smallest absolute Gasteiger partial charge is 0.349 e. The van der Waals surface area contributed by atoms with E-state index in [0.717, 1.165) is 49.8 Å². The Balaban J connectivity index is 1.48. The van der Waals surface area contributed by atoms with Gasteiger partial charge < -0.3 is 14.7 Å². The number of rotatable bonds is 4. The molecule has 0 bridgehead atoms. The van der Waals surface area contributed by atoms with Crippen molar-refractivity contribution in [3.63, 3.8) is 0 Å². The minimum absolute atomic E-state index is 0.426. The third-order valence-corrected chi connectivity index (χ3v) is 4.55. The molecule has 1 N–H and O–H groups in total. The molecule has 0 amide bonds. The second kappa shape index (κ2) is 8.59. The van der Waals surface area contributed by atoms with Crippen molar-refractivity contribution in [2.75, 3.05) is 33.2 Å². The lowest BCUT2D eigenvalue weighted by Crippen LogP contribution is -2.52. The van der Waals surface area contributed by atoms with Crippen LogP contribution in [0, 0.1) is 6.92 Å². The average Bonchev–Trinajstić information content (AvgIpc) is 3.08. The molecular formula is C18H23F3N6O. The van der Waals surface area contributed by atoms with E-state index in [1.165, 1.54) is 0 Å². The Morgan fingerprint density at radius 1 is 1.18 bits per heavy atom. The van der Waals surface area contributed by atoms with Crippen LogP contribution in [0.5, 0.6) is 0 Å². The molecule has 0 spiro atoms. The highest BCUT2D eigenvalue weighted by Gasteiger charge is 2.30. The average molecular weight is 396 g/mol. The molecule has 2 heterocycles. The van der Waals surface area contributed by atoms with Gasteiger partial charge in [-0.05, 0) is 17.7 Å². The third kappa shape index (κ3) is 5.22. The standard InChI is InChI=1S/C18H23F3N6O/c1-13-24-16(25-28-13)11-23-17(22-2)27-9-7-26(8-10-27)12-14-3-5-15(6-4-14)18(19,20)21/h3-6H,7-12H2,1-2H3,(H,22,23). The number of aromatic nitrogens is 2. The summed E-state index contributed by atoms with van der Waals surface area (Å²) >= 11 is 0. The number of benzene rings is 1. The summed E-state index contributed by atoms with van der Waals surface area (Å²) in [6.07, 6.45) is -4.30. The van der Waals surface area contributed by atoms with Gasteiger partial charge in [0, 0.05) is 46.7 Å². The highest BCUT2D eigenvalue weighted by atomic mass is 19.4. The van der Waals surface area contributed by atoms with E-state index in [4.69, 9.17) is 4.52 Å². The van der Waals surface area contributed by atoms with E-state index < -0.39 is 11.7 Å². The van der Waals surface area contributed by atoms with Gasteiger partial charge in [-0.2, -0.15) is 18.2 Å². The number of guanidine groups is 1. The fourth-order valence-electron chi connectivity index (χ4n) is 3.08. The summed E-state index contributed by atoms with van der Waals surface area (Å²) < 4.78 is 42.9. The van der Waals surface area contributed by atoms with E-state index in [1.54, 1.807) is 26.1 Å². The van der Waals surface area contributed by atoms with E-state index in [1.807, 2.05) is 0 Å². The van der Waals surface area contributed by atoms with Crippen molar-refractivity contribution in [3.05, 3.63) is 47.1 Å². The van der Waals surface area contributed by atoms with Crippen LogP contribution in [0.25, 0.3) is 0 Å². The van der Waals surface area contributed by atoms with Crippen LogP contribution >= 0.6 is 0 Å². The molecule has 0 radical (unpaired) electrons. The number of alkyl halides is 3. The molecule has 1 fully saturated rings. The Hall–Kier alpha value is -2.62. The first-order valence-electron chi connectivity index (χ1n) is 8.98. The first-order chi connectivity index (χ1) is 13.3. The van der Waals surface area contributed by atoms with Gasteiger partial charge in [-0.15, -0.1) is 0 Å². The molecule has 1 aromatic heterocycles. The van der Waals surface area contributed by atoms with Crippen molar-refractivity contribution in [1.82, 2.24) is 25.3 Å². The van der Waals surface area contributed by atoms with Gasteiger partial charge in [-0.25, -0.2) is 0 Å². The van der Waals surface area contributed by atoms with Gasteiger partial charge in [0.1, 0.15) is 0 Å². The van der Waals surface area contributed by atoms with Gasteiger partial charge in [-0.1, -0.05) is 17.3 Å². The second-order valence-corrected chi connectivity index (χ2v) is 6.59. The summed E-state index contributed by atoms with van der Waals surface area (Å²) in [4.78, 5) is 12.8.